The molecule has 2 nitrogen and oxygen atoms in total. The third kappa shape index (κ3) is 4.14. The molecule has 1 atom stereocenters. The molecule has 1 aliphatic rings. The van der Waals surface area contributed by atoms with Crippen LogP contribution in [0.3, 0.4) is 0 Å². The topological polar surface area (TPSA) is 24.1 Å². The molecule has 0 bridgehead atoms. The number of aryl methyl sites for hydroxylation is 1. The smallest absolute Gasteiger partial charge is 0.0206 e. The third-order valence-electron chi connectivity index (χ3n) is 3.56. The number of benzene rings is 1. The van der Waals surface area contributed by atoms with Crippen LogP contribution in [-0.4, -0.2) is 19.1 Å². The summed E-state index contributed by atoms with van der Waals surface area (Å²) in [6.07, 6.45) is 5.17. The normalized spacial score (nSPS) is 20.4. The molecule has 0 saturated carbocycles. The molecule has 1 unspecified atom stereocenters. The van der Waals surface area contributed by atoms with Crippen LogP contribution < -0.4 is 10.6 Å². The summed E-state index contributed by atoms with van der Waals surface area (Å²) >= 11 is 0. The summed E-state index contributed by atoms with van der Waals surface area (Å²) in [5, 5.41) is 7.11. The van der Waals surface area contributed by atoms with Crippen LogP contribution >= 0.6 is 0 Å². The van der Waals surface area contributed by atoms with Crippen molar-refractivity contribution in [3.63, 3.8) is 0 Å². The molecule has 94 valence electrons. The van der Waals surface area contributed by atoms with Crippen LogP contribution in [0.4, 0.5) is 0 Å². The van der Waals surface area contributed by atoms with Gasteiger partial charge >= 0.3 is 0 Å². The third-order valence-corrected chi connectivity index (χ3v) is 3.56. The number of hydrogen-bond acceptors (Lipinski definition) is 2. The van der Waals surface area contributed by atoms with Gasteiger partial charge in [0, 0.05) is 19.1 Å². The first kappa shape index (κ1) is 12.6. The van der Waals surface area contributed by atoms with Gasteiger partial charge in [0.1, 0.15) is 0 Å². The minimum absolute atomic E-state index is 0.679. The minimum Gasteiger partial charge on any atom is -0.313 e. The highest BCUT2D eigenvalue weighted by atomic mass is 15.0. The van der Waals surface area contributed by atoms with Crippen molar-refractivity contribution in [3.05, 3.63) is 35.4 Å². The molecule has 0 amide bonds. The molecule has 1 aliphatic heterocycles. The fourth-order valence-electron chi connectivity index (χ4n) is 2.38. The summed E-state index contributed by atoms with van der Waals surface area (Å²) in [4.78, 5) is 0. The zero-order valence-corrected chi connectivity index (χ0v) is 10.8. The van der Waals surface area contributed by atoms with Crippen LogP contribution in [0.15, 0.2) is 24.3 Å². The highest BCUT2D eigenvalue weighted by molar-refractivity contribution is 5.22. The largest absolute Gasteiger partial charge is 0.313 e. The van der Waals surface area contributed by atoms with Gasteiger partial charge in [0.05, 0.1) is 0 Å². The van der Waals surface area contributed by atoms with Gasteiger partial charge in [-0.05, 0) is 36.9 Å². The van der Waals surface area contributed by atoms with Gasteiger partial charge in [0.25, 0.3) is 0 Å². The fraction of sp³-hybridized carbons (Fsp3) is 0.600. The van der Waals surface area contributed by atoms with Crippen LogP contribution in [0.25, 0.3) is 0 Å². The Morgan fingerprint density at radius 2 is 1.94 bits per heavy atom. The summed E-state index contributed by atoms with van der Waals surface area (Å²) in [5.74, 6) is 0. The van der Waals surface area contributed by atoms with Crippen LogP contribution in [-0.2, 0) is 13.0 Å². The fourth-order valence-corrected chi connectivity index (χ4v) is 2.38. The van der Waals surface area contributed by atoms with E-state index < -0.39 is 0 Å². The highest BCUT2D eigenvalue weighted by Gasteiger charge is 2.11. The Labute approximate surface area is 105 Å². The number of hydrogen-bond donors (Lipinski definition) is 2. The van der Waals surface area contributed by atoms with E-state index in [-0.39, 0.29) is 0 Å². The second kappa shape index (κ2) is 6.77. The van der Waals surface area contributed by atoms with Crippen LogP contribution in [0.5, 0.6) is 0 Å². The Kier molecular flexibility index (Phi) is 5.02. The van der Waals surface area contributed by atoms with Crippen molar-refractivity contribution in [2.24, 2.45) is 0 Å². The van der Waals surface area contributed by atoms with Gasteiger partial charge < -0.3 is 10.6 Å². The quantitative estimate of drug-likeness (QED) is 0.815. The summed E-state index contributed by atoms with van der Waals surface area (Å²) in [6.45, 7) is 5.47. The Morgan fingerprint density at radius 3 is 2.59 bits per heavy atom. The first-order valence-corrected chi connectivity index (χ1v) is 6.90. The lowest BCUT2D eigenvalue weighted by Gasteiger charge is -2.23. The van der Waals surface area contributed by atoms with E-state index in [1.54, 1.807) is 0 Å². The second-order valence-corrected chi connectivity index (χ2v) is 4.95. The first-order valence-electron chi connectivity index (χ1n) is 6.90. The Morgan fingerprint density at radius 1 is 1.18 bits per heavy atom. The van der Waals surface area contributed by atoms with E-state index in [4.69, 9.17) is 0 Å². The lowest BCUT2D eigenvalue weighted by atomic mass is 10.0. The molecule has 1 aromatic rings. The Hall–Kier alpha value is -0.860. The van der Waals surface area contributed by atoms with Crippen molar-refractivity contribution in [2.45, 2.75) is 45.2 Å². The summed E-state index contributed by atoms with van der Waals surface area (Å²) in [6, 6.07) is 9.62. The molecular formula is C15H24N2. The zero-order chi connectivity index (χ0) is 11.9. The van der Waals surface area contributed by atoms with Crippen LogP contribution in [0.1, 0.15) is 37.3 Å². The molecule has 17 heavy (non-hydrogen) atoms. The van der Waals surface area contributed by atoms with Crippen molar-refractivity contribution >= 4 is 0 Å². The molecule has 1 heterocycles. The maximum absolute atomic E-state index is 3.56. The maximum Gasteiger partial charge on any atom is 0.0206 e. The van der Waals surface area contributed by atoms with Gasteiger partial charge in [-0.15, -0.1) is 0 Å². The summed E-state index contributed by atoms with van der Waals surface area (Å²) in [5.41, 5.74) is 2.81. The molecule has 1 saturated heterocycles. The van der Waals surface area contributed by atoms with E-state index in [9.17, 15) is 0 Å². The second-order valence-electron chi connectivity index (χ2n) is 4.95. The van der Waals surface area contributed by atoms with Gasteiger partial charge in [0.15, 0.2) is 0 Å². The van der Waals surface area contributed by atoms with E-state index in [1.807, 2.05) is 0 Å². The van der Waals surface area contributed by atoms with Gasteiger partial charge in [0.2, 0.25) is 0 Å². The van der Waals surface area contributed by atoms with Crippen molar-refractivity contribution in [2.75, 3.05) is 13.1 Å². The summed E-state index contributed by atoms with van der Waals surface area (Å²) in [7, 11) is 0. The van der Waals surface area contributed by atoms with Gasteiger partial charge in [-0.3, -0.25) is 0 Å². The predicted octanol–water partition coefficient (Wildman–Crippen LogP) is 2.48. The molecule has 0 aliphatic carbocycles. The van der Waals surface area contributed by atoms with Crippen LogP contribution in [0.2, 0.25) is 0 Å². The molecule has 2 N–H and O–H groups in total. The Bertz CT molecular complexity index is 312. The monoisotopic (exact) mass is 232 g/mol. The summed E-state index contributed by atoms with van der Waals surface area (Å²) < 4.78 is 0. The van der Waals surface area contributed by atoms with Gasteiger partial charge in [-0.2, -0.15) is 0 Å². The lowest BCUT2D eigenvalue weighted by Crippen LogP contribution is -2.41. The molecule has 0 aromatic heterocycles. The maximum atomic E-state index is 3.56. The molecule has 2 rings (SSSR count). The van der Waals surface area contributed by atoms with E-state index in [1.165, 1.54) is 36.9 Å². The van der Waals surface area contributed by atoms with E-state index in [2.05, 4.69) is 41.8 Å². The van der Waals surface area contributed by atoms with E-state index in [0.717, 1.165) is 19.5 Å². The zero-order valence-electron chi connectivity index (χ0n) is 10.8. The number of rotatable bonds is 5. The van der Waals surface area contributed by atoms with Crippen LogP contribution in [0, 0.1) is 0 Å². The van der Waals surface area contributed by atoms with E-state index >= 15 is 0 Å². The van der Waals surface area contributed by atoms with Crippen molar-refractivity contribution in [1.29, 1.82) is 0 Å². The molecule has 0 spiro atoms. The van der Waals surface area contributed by atoms with Crippen molar-refractivity contribution in [3.8, 4) is 0 Å². The van der Waals surface area contributed by atoms with Crippen molar-refractivity contribution < 1.29 is 0 Å². The lowest BCUT2D eigenvalue weighted by molar-refractivity contribution is 0.383. The predicted molar refractivity (Wildman–Crippen MR) is 73.2 cm³/mol. The van der Waals surface area contributed by atoms with E-state index in [0.29, 0.717) is 6.04 Å². The average Bonchev–Trinajstić information content (AvgIpc) is 2.41. The number of piperidine rings is 1. The molecule has 1 fully saturated rings. The average molecular weight is 232 g/mol. The number of nitrogens with one attached hydrogen (secondary N) is 2. The SMILES string of the molecule is CCc1ccc(CNCC2CCCCN2)cc1. The van der Waals surface area contributed by atoms with Gasteiger partial charge in [-0.1, -0.05) is 37.6 Å². The molecule has 1 aromatic carbocycles. The Balaban J connectivity index is 1.69. The molecular weight excluding hydrogens is 208 g/mol. The van der Waals surface area contributed by atoms with Crippen molar-refractivity contribution in [1.82, 2.24) is 10.6 Å². The minimum atomic E-state index is 0.679. The highest BCUT2D eigenvalue weighted by Crippen LogP contribution is 2.07. The van der Waals surface area contributed by atoms with Gasteiger partial charge in [-0.25, -0.2) is 0 Å². The standard InChI is InChI=1S/C15H24N2/c1-2-13-6-8-14(9-7-13)11-16-12-15-5-3-4-10-17-15/h6-9,15-17H,2-5,10-12H2,1H3. The first-order chi connectivity index (χ1) is 8.38. The molecule has 2 heteroatoms. The molecule has 0 radical (unpaired) electrons.